The van der Waals surface area contributed by atoms with Gasteiger partial charge in [-0.25, -0.2) is 9.37 Å². The van der Waals surface area contributed by atoms with Gasteiger partial charge >= 0.3 is 5.97 Å². The number of methoxy groups -OCH3 is 1. The smallest absolute Gasteiger partial charge is 0.306 e. The van der Waals surface area contributed by atoms with Crippen LogP contribution in [-0.4, -0.2) is 33.1 Å². The largest absolute Gasteiger partial charge is 0.484 e. The molecule has 176 valence electrons. The maximum Gasteiger partial charge on any atom is 0.306 e. The van der Waals surface area contributed by atoms with Crippen LogP contribution in [0, 0.1) is 17.7 Å². The second-order valence-electron chi connectivity index (χ2n) is 9.04. The molecular formula is C26H26FN3O4. The topological polar surface area (TPSA) is 94.4 Å². The summed E-state index contributed by atoms with van der Waals surface area (Å²) in [6, 6.07) is 7.60. The van der Waals surface area contributed by atoms with Gasteiger partial charge in [0.2, 0.25) is 5.88 Å². The highest BCUT2D eigenvalue weighted by Crippen LogP contribution is 2.48. The third kappa shape index (κ3) is 4.32. The second-order valence-corrected chi connectivity index (χ2v) is 9.04. The molecule has 1 aliphatic heterocycles. The van der Waals surface area contributed by atoms with Crippen LogP contribution in [0.25, 0.3) is 11.3 Å². The molecule has 1 aromatic carbocycles. The summed E-state index contributed by atoms with van der Waals surface area (Å²) in [5.74, 6) is -0.256. The summed E-state index contributed by atoms with van der Waals surface area (Å²) in [5, 5.41) is 9.59. The molecule has 3 aromatic rings. The lowest BCUT2D eigenvalue weighted by molar-refractivity contribution is -0.142. The minimum atomic E-state index is -0.771. The van der Waals surface area contributed by atoms with Gasteiger partial charge in [-0.05, 0) is 54.7 Å². The molecule has 0 spiro atoms. The van der Waals surface area contributed by atoms with Gasteiger partial charge in [0, 0.05) is 11.6 Å². The number of rotatable bonds is 7. The van der Waals surface area contributed by atoms with Gasteiger partial charge in [0.05, 0.1) is 43.0 Å². The van der Waals surface area contributed by atoms with Gasteiger partial charge in [-0.15, -0.1) is 0 Å². The summed E-state index contributed by atoms with van der Waals surface area (Å²) in [6.07, 6.45) is 7.66. The highest BCUT2D eigenvalue weighted by Gasteiger charge is 2.39. The third-order valence-corrected chi connectivity index (χ3v) is 6.80. The number of ether oxygens (including phenoxy) is 2. The van der Waals surface area contributed by atoms with E-state index in [1.807, 2.05) is 6.07 Å². The Morgan fingerprint density at radius 1 is 1.15 bits per heavy atom. The Hall–Kier alpha value is -3.55. The van der Waals surface area contributed by atoms with E-state index in [0.717, 1.165) is 48.8 Å². The summed E-state index contributed by atoms with van der Waals surface area (Å²) in [7, 11) is 1.47. The lowest BCUT2D eigenvalue weighted by Gasteiger charge is -2.28. The normalized spacial score (nSPS) is 19.0. The lowest BCUT2D eigenvalue weighted by atomic mass is 9.82. The van der Waals surface area contributed by atoms with Crippen LogP contribution in [0.15, 0.2) is 42.9 Å². The highest BCUT2D eigenvalue weighted by atomic mass is 19.1. The van der Waals surface area contributed by atoms with E-state index >= 15 is 0 Å². The molecule has 0 saturated heterocycles. The van der Waals surface area contributed by atoms with Crippen molar-refractivity contribution in [2.45, 2.75) is 44.6 Å². The number of hydrogen-bond acceptors (Lipinski definition) is 6. The predicted molar refractivity (Wildman–Crippen MR) is 122 cm³/mol. The Kier molecular flexibility index (Phi) is 5.89. The van der Waals surface area contributed by atoms with Crippen molar-refractivity contribution in [2.75, 3.05) is 7.11 Å². The number of aromatic nitrogens is 3. The van der Waals surface area contributed by atoms with Crippen molar-refractivity contribution in [3.05, 3.63) is 65.5 Å². The van der Waals surface area contributed by atoms with Gasteiger partial charge in [-0.3, -0.25) is 14.8 Å². The van der Waals surface area contributed by atoms with Gasteiger partial charge in [0.15, 0.2) is 5.82 Å². The number of halogens is 1. The highest BCUT2D eigenvalue weighted by molar-refractivity contribution is 5.71. The fraction of sp³-hybridized carbons (Fsp3) is 0.385. The zero-order chi connectivity index (χ0) is 23.8. The van der Waals surface area contributed by atoms with Gasteiger partial charge in [-0.1, -0.05) is 19.1 Å². The molecule has 34 heavy (non-hydrogen) atoms. The van der Waals surface area contributed by atoms with Crippen LogP contribution in [0.2, 0.25) is 0 Å². The number of carbonyl (C=O) groups is 1. The van der Waals surface area contributed by atoms with E-state index in [4.69, 9.17) is 9.47 Å². The second kappa shape index (κ2) is 9.00. The SMILES string of the molecule is COc1cc(-c2cnc([C@H]3CCc4ccc([C@H](C5CC5)[C@H](C)C(=O)O)cc4O3)cn2)c(F)cn1. The van der Waals surface area contributed by atoms with Crippen molar-refractivity contribution in [2.24, 2.45) is 11.8 Å². The maximum atomic E-state index is 14.2. The standard InChI is InChI=1S/C26H26FN3O4/c1-14(26(31)32)25(16-4-5-16)17-6-3-15-7-8-22(34-23(15)9-17)21-13-28-20(12-29-21)18-10-24(33-2)30-11-19(18)27/h3,6,9-14,16,22,25H,4-5,7-8H2,1-2H3,(H,31,32)/t14-,22+,25-/m0/s1. The molecule has 8 heteroatoms. The predicted octanol–water partition coefficient (Wildman–Crippen LogP) is 4.97. The zero-order valence-corrected chi connectivity index (χ0v) is 19.1. The van der Waals surface area contributed by atoms with Gasteiger partial charge < -0.3 is 14.6 Å². The number of benzene rings is 1. The van der Waals surface area contributed by atoms with E-state index in [2.05, 4.69) is 27.1 Å². The van der Waals surface area contributed by atoms with Crippen molar-refractivity contribution in [3.63, 3.8) is 0 Å². The summed E-state index contributed by atoms with van der Waals surface area (Å²) in [4.78, 5) is 24.4. The van der Waals surface area contributed by atoms with Crippen LogP contribution in [0.1, 0.15) is 55.0 Å². The average molecular weight is 464 g/mol. The van der Waals surface area contributed by atoms with Gasteiger partial charge in [-0.2, -0.15) is 0 Å². The Morgan fingerprint density at radius 3 is 2.65 bits per heavy atom. The first kappa shape index (κ1) is 22.3. The van der Waals surface area contributed by atoms with E-state index in [-0.39, 0.29) is 17.6 Å². The maximum absolute atomic E-state index is 14.2. The van der Waals surface area contributed by atoms with Crippen LogP contribution in [0.3, 0.4) is 0 Å². The number of carboxylic acids is 1. The first-order valence-corrected chi connectivity index (χ1v) is 11.5. The number of pyridine rings is 1. The van der Waals surface area contributed by atoms with Crippen molar-refractivity contribution >= 4 is 5.97 Å². The van der Waals surface area contributed by atoms with Crippen molar-refractivity contribution in [3.8, 4) is 22.9 Å². The summed E-state index contributed by atoms with van der Waals surface area (Å²) in [6.45, 7) is 1.78. The number of hydrogen-bond donors (Lipinski definition) is 1. The molecule has 5 rings (SSSR count). The molecule has 0 unspecified atom stereocenters. The van der Waals surface area contributed by atoms with E-state index in [9.17, 15) is 14.3 Å². The van der Waals surface area contributed by atoms with Gasteiger partial charge in [0.1, 0.15) is 11.9 Å². The minimum absolute atomic E-state index is 0.0156. The number of fused-ring (bicyclic) bond motifs is 1. The Morgan fingerprint density at radius 2 is 1.97 bits per heavy atom. The Balaban J connectivity index is 1.37. The average Bonchev–Trinajstić information content (AvgIpc) is 3.69. The summed E-state index contributed by atoms with van der Waals surface area (Å²) >= 11 is 0. The van der Waals surface area contributed by atoms with Crippen LogP contribution < -0.4 is 9.47 Å². The van der Waals surface area contributed by atoms with Gasteiger partial charge in [0.25, 0.3) is 0 Å². The molecule has 0 bridgehead atoms. The van der Waals surface area contributed by atoms with Crippen LogP contribution in [0.5, 0.6) is 11.6 Å². The number of aryl methyl sites for hydroxylation is 1. The molecule has 2 aliphatic rings. The molecule has 1 aliphatic carbocycles. The lowest BCUT2D eigenvalue weighted by Crippen LogP contribution is -2.21. The molecular weight excluding hydrogens is 437 g/mol. The molecule has 2 aromatic heterocycles. The fourth-order valence-corrected chi connectivity index (χ4v) is 4.75. The van der Waals surface area contributed by atoms with Crippen molar-refractivity contribution in [1.82, 2.24) is 15.0 Å². The van der Waals surface area contributed by atoms with Crippen LogP contribution in [-0.2, 0) is 11.2 Å². The quantitative estimate of drug-likeness (QED) is 0.529. The summed E-state index contributed by atoms with van der Waals surface area (Å²) < 4.78 is 25.6. The van der Waals surface area contributed by atoms with Crippen molar-refractivity contribution < 1.29 is 23.8 Å². The fourth-order valence-electron chi connectivity index (χ4n) is 4.75. The number of nitrogens with zero attached hydrogens (tertiary/aromatic N) is 3. The van der Waals surface area contributed by atoms with E-state index in [1.165, 1.54) is 19.4 Å². The Labute approximate surface area is 197 Å². The van der Waals surface area contributed by atoms with E-state index in [1.54, 1.807) is 13.1 Å². The monoisotopic (exact) mass is 463 g/mol. The first-order valence-electron chi connectivity index (χ1n) is 11.5. The number of carboxylic acid groups (broad SMARTS) is 1. The molecule has 1 fully saturated rings. The molecule has 0 amide bonds. The van der Waals surface area contributed by atoms with Crippen LogP contribution >= 0.6 is 0 Å². The molecule has 7 nitrogen and oxygen atoms in total. The minimum Gasteiger partial charge on any atom is -0.484 e. The Bertz CT molecular complexity index is 1210. The molecule has 1 N–H and O–H groups in total. The molecule has 0 radical (unpaired) electrons. The molecule has 3 heterocycles. The first-order chi connectivity index (χ1) is 16.4. The summed E-state index contributed by atoms with van der Waals surface area (Å²) in [5.41, 5.74) is 3.44. The molecule has 1 saturated carbocycles. The zero-order valence-electron chi connectivity index (χ0n) is 19.1. The van der Waals surface area contributed by atoms with Crippen molar-refractivity contribution in [1.29, 1.82) is 0 Å². The van der Waals surface area contributed by atoms with Crippen LogP contribution in [0.4, 0.5) is 4.39 Å². The third-order valence-electron chi connectivity index (χ3n) is 6.80. The van der Waals surface area contributed by atoms with E-state index in [0.29, 0.717) is 23.2 Å². The molecule has 3 atom stereocenters. The van der Waals surface area contributed by atoms with E-state index < -0.39 is 17.7 Å². The number of aliphatic carboxylic acids is 1.